The second-order valence-corrected chi connectivity index (χ2v) is 6.05. The van der Waals surface area contributed by atoms with Gasteiger partial charge in [0, 0.05) is 18.4 Å². The molecule has 0 aromatic rings. The molecule has 0 aliphatic heterocycles. The third-order valence-electron chi connectivity index (χ3n) is 3.76. The average Bonchev–Trinajstić information content (AvgIpc) is 2.29. The molecule has 19 heavy (non-hydrogen) atoms. The first kappa shape index (κ1) is 17.9. The molecule has 0 rings (SSSR count). The number of nitrogens with one attached hydrogen (secondary N) is 1. The molecule has 0 bridgehead atoms. The number of hydrogen-bond donors (Lipinski definition) is 3. The molecule has 3 N–H and O–H groups in total. The van der Waals surface area contributed by atoms with Crippen LogP contribution in [0.2, 0.25) is 0 Å². The smallest absolute Gasteiger partial charge is 0.303 e. The third-order valence-corrected chi connectivity index (χ3v) is 3.76. The SMILES string of the molecule is CCC(CC)(CO)CNC(=O)CC(C)(C)CC(=O)O. The zero-order valence-electron chi connectivity index (χ0n) is 12.5. The maximum Gasteiger partial charge on any atom is 0.303 e. The maximum atomic E-state index is 11.8. The lowest BCUT2D eigenvalue weighted by Gasteiger charge is -2.30. The molecular formula is C14H27NO4. The van der Waals surface area contributed by atoms with E-state index in [1.807, 2.05) is 13.8 Å². The first-order chi connectivity index (χ1) is 8.70. The lowest BCUT2D eigenvalue weighted by Crippen LogP contribution is -2.40. The van der Waals surface area contributed by atoms with Gasteiger partial charge in [-0.3, -0.25) is 9.59 Å². The van der Waals surface area contributed by atoms with Crippen molar-refractivity contribution in [3.63, 3.8) is 0 Å². The number of aliphatic carboxylic acids is 1. The van der Waals surface area contributed by atoms with E-state index in [4.69, 9.17) is 5.11 Å². The van der Waals surface area contributed by atoms with Crippen LogP contribution in [-0.2, 0) is 9.59 Å². The van der Waals surface area contributed by atoms with Crippen molar-refractivity contribution in [1.82, 2.24) is 5.32 Å². The van der Waals surface area contributed by atoms with Gasteiger partial charge in [-0.1, -0.05) is 27.7 Å². The molecule has 5 heteroatoms. The van der Waals surface area contributed by atoms with E-state index >= 15 is 0 Å². The summed E-state index contributed by atoms with van der Waals surface area (Å²) >= 11 is 0. The predicted molar refractivity (Wildman–Crippen MR) is 73.8 cm³/mol. The molecule has 0 atom stereocenters. The Morgan fingerprint density at radius 2 is 1.63 bits per heavy atom. The van der Waals surface area contributed by atoms with Crippen LogP contribution in [0.15, 0.2) is 0 Å². The van der Waals surface area contributed by atoms with Crippen molar-refractivity contribution in [3.05, 3.63) is 0 Å². The van der Waals surface area contributed by atoms with Crippen LogP contribution in [0.4, 0.5) is 0 Å². The fourth-order valence-corrected chi connectivity index (χ4v) is 2.03. The van der Waals surface area contributed by atoms with Gasteiger partial charge in [0.05, 0.1) is 13.0 Å². The lowest BCUT2D eigenvalue weighted by atomic mass is 9.82. The number of carboxylic acids is 1. The molecule has 112 valence electrons. The van der Waals surface area contributed by atoms with Crippen molar-refractivity contribution in [2.75, 3.05) is 13.2 Å². The summed E-state index contributed by atoms with van der Waals surface area (Å²) in [5.41, 5.74) is -0.831. The normalized spacial score (nSPS) is 12.3. The van der Waals surface area contributed by atoms with E-state index in [0.717, 1.165) is 12.8 Å². The largest absolute Gasteiger partial charge is 0.481 e. The molecule has 0 spiro atoms. The third kappa shape index (κ3) is 6.57. The molecule has 0 heterocycles. The fourth-order valence-electron chi connectivity index (χ4n) is 2.03. The van der Waals surface area contributed by atoms with E-state index in [9.17, 15) is 14.7 Å². The number of hydrogen-bond acceptors (Lipinski definition) is 3. The minimum atomic E-state index is -0.898. The number of amides is 1. The van der Waals surface area contributed by atoms with Gasteiger partial charge in [-0.15, -0.1) is 0 Å². The Morgan fingerprint density at radius 3 is 2.00 bits per heavy atom. The van der Waals surface area contributed by atoms with E-state index < -0.39 is 11.4 Å². The average molecular weight is 273 g/mol. The Kier molecular flexibility index (Phi) is 7.05. The molecule has 1 amide bonds. The topological polar surface area (TPSA) is 86.6 Å². The zero-order valence-corrected chi connectivity index (χ0v) is 12.5. The standard InChI is InChI=1S/C14H27NO4/c1-5-14(6-2,10-16)9-15-11(17)7-13(3,4)8-12(18)19/h16H,5-10H2,1-4H3,(H,15,17)(H,18,19). The van der Waals surface area contributed by atoms with Crippen LogP contribution < -0.4 is 5.32 Å². The van der Waals surface area contributed by atoms with Crippen molar-refractivity contribution in [2.24, 2.45) is 10.8 Å². The molecule has 0 aliphatic rings. The van der Waals surface area contributed by atoms with Gasteiger partial charge in [0.2, 0.25) is 5.91 Å². The van der Waals surface area contributed by atoms with Crippen LogP contribution in [0, 0.1) is 10.8 Å². The Bertz CT molecular complexity index is 300. The molecule has 0 aromatic carbocycles. The summed E-state index contributed by atoms with van der Waals surface area (Å²) in [6, 6.07) is 0. The molecule has 0 aromatic heterocycles. The molecule has 0 saturated carbocycles. The van der Waals surface area contributed by atoms with Gasteiger partial charge in [-0.05, 0) is 18.3 Å². The summed E-state index contributed by atoms with van der Waals surface area (Å²) in [6.45, 7) is 7.97. The van der Waals surface area contributed by atoms with Gasteiger partial charge in [0.15, 0.2) is 0 Å². The van der Waals surface area contributed by atoms with Gasteiger partial charge in [0.1, 0.15) is 0 Å². The van der Waals surface area contributed by atoms with Crippen LogP contribution in [0.25, 0.3) is 0 Å². The number of carboxylic acid groups (broad SMARTS) is 1. The summed E-state index contributed by atoms with van der Waals surface area (Å²) < 4.78 is 0. The Hall–Kier alpha value is -1.10. The number of rotatable bonds is 9. The highest BCUT2D eigenvalue weighted by Crippen LogP contribution is 2.26. The molecular weight excluding hydrogens is 246 g/mol. The van der Waals surface area contributed by atoms with Crippen LogP contribution >= 0.6 is 0 Å². The van der Waals surface area contributed by atoms with Gasteiger partial charge in [-0.2, -0.15) is 0 Å². The second-order valence-electron chi connectivity index (χ2n) is 6.05. The van der Waals surface area contributed by atoms with Crippen molar-refractivity contribution in [1.29, 1.82) is 0 Å². The Labute approximate surface area is 115 Å². The lowest BCUT2D eigenvalue weighted by molar-refractivity contribution is -0.139. The predicted octanol–water partition coefficient (Wildman–Crippen LogP) is 1.79. The second kappa shape index (κ2) is 7.48. The minimum Gasteiger partial charge on any atom is -0.481 e. The van der Waals surface area contributed by atoms with E-state index in [1.54, 1.807) is 13.8 Å². The Morgan fingerprint density at radius 1 is 1.11 bits per heavy atom. The van der Waals surface area contributed by atoms with E-state index in [-0.39, 0.29) is 30.8 Å². The summed E-state index contributed by atoms with van der Waals surface area (Å²) in [5.74, 6) is -1.06. The first-order valence-electron chi connectivity index (χ1n) is 6.79. The molecule has 5 nitrogen and oxygen atoms in total. The van der Waals surface area contributed by atoms with Gasteiger partial charge >= 0.3 is 5.97 Å². The summed E-state index contributed by atoms with van der Waals surface area (Å²) in [6.07, 6.45) is 1.72. The number of aliphatic hydroxyl groups excluding tert-OH is 1. The highest BCUT2D eigenvalue weighted by atomic mass is 16.4. The molecule has 0 fully saturated rings. The van der Waals surface area contributed by atoms with Crippen molar-refractivity contribution in [2.45, 2.75) is 53.4 Å². The zero-order chi connectivity index (χ0) is 15.1. The summed E-state index contributed by atoms with van der Waals surface area (Å²) in [5, 5.41) is 21.0. The Balaban J connectivity index is 4.36. The number of carbonyl (C=O) groups is 2. The van der Waals surface area contributed by atoms with Crippen molar-refractivity contribution in [3.8, 4) is 0 Å². The molecule has 0 saturated heterocycles. The highest BCUT2D eigenvalue weighted by Gasteiger charge is 2.28. The first-order valence-corrected chi connectivity index (χ1v) is 6.79. The van der Waals surface area contributed by atoms with Crippen molar-refractivity contribution >= 4 is 11.9 Å². The van der Waals surface area contributed by atoms with E-state index in [0.29, 0.717) is 6.54 Å². The number of aliphatic hydroxyl groups is 1. The van der Waals surface area contributed by atoms with Crippen LogP contribution in [0.5, 0.6) is 0 Å². The molecule has 0 aliphatic carbocycles. The van der Waals surface area contributed by atoms with E-state index in [2.05, 4.69) is 5.32 Å². The van der Waals surface area contributed by atoms with Gasteiger partial charge < -0.3 is 15.5 Å². The van der Waals surface area contributed by atoms with Gasteiger partial charge in [-0.25, -0.2) is 0 Å². The van der Waals surface area contributed by atoms with Crippen LogP contribution in [0.3, 0.4) is 0 Å². The van der Waals surface area contributed by atoms with Crippen molar-refractivity contribution < 1.29 is 19.8 Å². The molecule has 0 unspecified atom stereocenters. The van der Waals surface area contributed by atoms with E-state index in [1.165, 1.54) is 0 Å². The number of carbonyl (C=O) groups excluding carboxylic acids is 1. The van der Waals surface area contributed by atoms with Crippen LogP contribution in [0.1, 0.15) is 53.4 Å². The minimum absolute atomic E-state index is 0.0346. The fraction of sp³-hybridized carbons (Fsp3) is 0.857. The summed E-state index contributed by atoms with van der Waals surface area (Å²) in [7, 11) is 0. The van der Waals surface area contributed by atoms with Gasteiger partial charge in [0.25, 0.3) is 0 Å². The van der Waals surface area contributed by atoms with Crippen LogP contribution in [-0.4, -0.2) is 35.2 Å². The quantitative estimate of drug-likeness (QED) is 0.598. The maximum absolute atomic E-state index is 11.8. The summed E-state index contributed by atoms with van der Waals surface area (Å²) in [4.78, 5) is 22.5. The monoisotopic (exact) mass is 273 g/mol. The molecule has 0 radical (unpaired) electrons. The highest BCUT2D eigenvalue weighted by molar-refractivity contribution is 5.77.